The fourth-order valence-electron chi connectivity index (χ4n) is 3.87. The number of benzene rings is 1. The molecule has 0 bridgehead atoms. The highest BCUT2D eigenvalue weighted by Gasteiger charge is 2.44. The molecule has 0 unspecified atom stereocenters. The van der Waals surface area contributed by atoms with Crippen LogP contribution in [0.15, 0.2) is 33.6 Å². The lowest BCUT2D eigenvalue weighted by Crippen LogP contribution is -2.47. The molecule has 1 saturated heterocycles. The third-order valence-electron chi connectivity index (χ3n) is 5.63. The molecule has 1 aliphatic rings. The standard InChI is InChI=1S/C19H24BrN3O4S/c1-13-17(14(2)22(3)21-13)28(26,27)23-10-8-19(9-11-23,18(24)25)12-15-4-6-16(20)7-5-15/h4-7H,8-12H2,1-3H3,(H,24,25). The highest BCUT2D eigenvalue weighted by molar-refractivity contribution is 9.10. The summed E-state index contributed by atoms with van der Waals surface area (Å²) in [7, 11) is -1.99. The summed E-state index contributed by atoms with van der Waals surface area (Å²) in [5.74, 6) is -0.874. The molecule has 1 fully saturated rings. The van der Waals surface area contributed by atoms with Gasteiger partial charge in [0.2, 0.25) is 10.0 Å². The molecular formula is C19H24BrN3O4S. The van der Waals surface area contributed by atoms with Crippen molar-refractivity contribution >= 4 is 31.9 Å². The Morgan fingerprint density at radius 1 is 1.21 bits per heavy atom. The molecule has 9 heteroatoms. The molecule has 1 aromatic carbocycles. The van der Waals surface area contributed by atoms with Gasteiger partial charge < -0.3 is 5.11 Å². The molecule has 0 aliphatic carbocycles. The predicted molar refractivity (Wildman–Crippen MR) is 109 cm³/mol. The second-order valence-corrected chi connectivity index (χ2v) is 10.2. The van der Waals surface area contributed by atoms with E-state index in [0.717, 1.165) is 10.0 Å². The minimum atomic E-state index is -3.71. The zero-order valence-electron chi connectivity index (χ0n) is 16.1. The summed E-state index contributed by atoms with van der Waals surface area (Å²) < 4.78 is 30.2. The summed E-state index contributed by atoms with van der Waals surface area (Å²) in [6.45, 7) is 3.77. The number of aryl methyl sites for hydroxylation is 2. The van der Waals surface area contributed by atoms with Crippen LogP contribution in [0.1, 0.15) is 29.8 Å². The number of carbonyl (C=O) groups is 1. The Hall–Kier alpha value is -1.71. The number of hydrogen-bond donors (Lipinski definition) is 1. The summed E-state index contributed by atoms with van der Waals surface area (Å²) in [4.78, 5) is 12.3. The minimum Gasteiger partial charge on any atom is -0.481 e. The average molecular weight is 470 g/mol. The van der Waals surface area contributed by atoms with E-state index in [1.54, 1.807) is 25.6 Å². The Balaban J connectivity index is 1.82. The van der Waals surface area contributed by atoms with Crippen molar-refractivity contribution in [3.8, 4) is 0 Å². The van der Waals surface area contributed by atoms with Gasteiger partial charge in [-0.2, -0.15) is 9.40 Å². The Morgan fingerprint density at radius 3 is 2.25 bits per heavy atom. The summed E-state index contributed by atoms with van der Waals surface area (Å²) in [5.41, 5.74) is 1.02. The lowest BCUT2D eigenvalue weighted by molar-refractivity contribution is -0.151. The maximum Gasteiger partial charge on any atom is 0.310 e. The van der Waals surface area contributed by atoms with E-state index in [2.05, 4.69) is 21.0 Å². The second kappa shape index (κ2) is 7.61. The van der Waals surface area contributed by atoms with E-state index in [4.69, 9.17) is 0 Å². The molecule has 1 aromatic heterocycles. The van der Waals surface area contributed by atoms with E-state index in [0.29, 0.717) is 17.8 Å². The van der Waals surface area contributed by atoms with Gasteiger partial charge in [0.25, 0.3) is 0 Å². The first kappa shape index (κ1) is 21.0. The second-order valence-electron chi connectivity index (χ2n) is 7.42. The first-order valence-electron chi connectivity index (χ1n) is 9.05. The normalized spacial score (nSPS) is 17.6. The molecule has 2 aromatic rings. The Bertz CT molecular complexity index is 991. The van der Waals surface area contributed by atoms with Crippen LogP contribution in [0.3, 0.4) is 0 Å². The van der Waals surface area contributed by atoms with E-state index in [9.17, 15) is 18.3 Å². The van der Waals surface area contributed by atoms with Crippen molar-refractivity contribution in [2.24, 2.45) is 12.5 Å². The number of halogens is 1. The molecular weight excluding hydrogens is 446 g/mol. The molecule has 1 N–H and O–H groups in total. The highest BCUT2D eigenvalue weighted by Crippen LogP contribution is 2.38. The van der Waals surface area contributed by atoms with E-state index in [-0.39, 0.29) is 30.8 Å². The molecule has 3 rings (SSSR count). The largest absolute Gasteiger partial charge is 0.481 e. The Morgan fingerprint density at radius 2 is 1.79 bits per heavy atom. The molecule has 0 saturated carbocycles. The summed E-state index contributed by atoms with van der Waals surface area (Å²) >= 11 is 3.38. The van der Waals surface area contributed by atoms with Crippen LogP contribution in [0.4, 0.5) is 0 Å². The molecule has 0 atom stereocenters. The molecule has 152 valence electrons. The highest BCUT2D eigenvalue weighted by atomic mass is 79.9. The number of carboxylic acid groups (broad SMARTS) is 1. The lowest BCUT2D eigenvalue weighted by Gasteiger charge is -2.38. The van der Waals surface area contributed by atoms with Crippen LogP contribution >= 0.6 is 15.9 Å². The van der Waals surface area contributed by atoms with Crippen molar-refractivity contribution in [1.82, 2.24) is 14.1 Å². The molecule has 28 heavy (non-hydrogen) atoms. The smallest absolute Gasteiger partial charge is 0.310 e. The van der Waals surface area contributed by atoms with E-state index >= 15 is 0 Å². The van der Waals surface area contributed by atoms with Crippen molar-refractivity contribution in [2.45, 2.75) is 38.0 Å². The number of sulfonamides is 1. The van der Waals surface area contributed by atoms with E-state index in [1.165, 1.54) is 4.31 Å². The number of aromatic nitrogens is 2. The number of aliphatic carboxylic acids is 1. The average Bonchev–Trinajstić information content (AvgIpc) is 2.89. The van der Waals surface area contributed by atoms with Crippen molar-refractivity contribution < 1.29 is 18.3 Å². The van der Waals surface area contributed by atoms with Crippen LogP contribution in [-0.2, 0) is 28.3 Å². The molecule has 7 nitrogen and oxygen atoms in total. The topological polar surface area (TPSA) is 92.5 Å². The summed E-state index contributed by atoms with van der Waals surface area (Å²) in [5, 5.41) is 14.1. The fourth-order valence-corrected chi connectivity index (χ4v) is 5.98. The molecule has 0 radical (unpaired) electrons. The van der Waals surface area contributed by atoms with Crippen molar-refractivity contribution in [3.63, 3.8) is 0 Å². The van der Waals surface area contributed by atoms with Gasteiger partial charge in [0.15, 0.2) is 0 Å². The van der Waals surface area contributed by atoms with Gasteiger partial charge in [0.05, 0.1) is 16.8 Å². The molecule has 1 aliphatic heterocycles. The maximum atomic E-state index is 13.1. The zero-order chi connectivity index (χ0) is 20.7. The van der Waals surface area contributed by atoms with Crippen molar-refractivity contribution in [2.75, 3.05) is 13.1 Å². The van der Waals surface area contributed by atoms with Gasteiger partial charge in [-0.1, -0.05) is 28.1 Å². The minimum absolute atomic E-state index is 0.179. The summed E-state index contributed by atoms with van der Waals surface area (Å²) in [6.07, 6.45) is 0.931. The van der Waals surface area contributed by atoms with Gasteiger partial charge in [-0.3, -0.25) is 9.48 Å². The third-order valence-corrected chi connectivity index (χ3v) is 8.31. The lowest BCUT2D eigenvalue weighted by atomic mass is 9.74. The van der Waals surface area contributed by atoms with Gasteiger partial charge in [0.1, 0.15) is 4.90 Å². The molecule has 2 heterocycles. The van der Waals surface area contributed by atoms with Crippen LogP contribution in [0.2, 0.25) is 0 Å². The van der Waals surface area contributed by atoms with Crippen LogP contribution < -0.4 is 0 Å². The van der Waals surface area contributed by atoms with E-state index < -0.39 is 21.4 Å². The summed E-state index contributed by atoms with van der Waals surface area (Å²) in [6, 6.07) is 7.58. The number of hydrogen-bond acceptors (Lipinski definition) is 4. The molecule has 0 spiro atoms. The Kier molecular flexibility index (Phi) is 5.71. The number of rotatable bonds is 5. The maximum absolute atomic E-state index is 13.1. The fraction of sp³-hybridized carbons (Fsp3) is 0.474. The van der Waals surface area contributed by atoms with Gasteiger partial charge in [0, 0.05) is 24.6 Å². The number of carboxylic acids is 1. The molecule has 0 amide bonds. The van der Waals surface area contributed by atoms with Crippen molar-refractivity contribution in [3.05, 3.63) is 45.7 Å². The monoisotopic (exact) mass is 469 g/mol. The third kappa shape index (κ3) is 3.75. The van der Waals surface area contributed by atoms with E-state index in [1.807, 2.05) is 24.3 Å². The Labute approximate surface area is 173 Å². The van der Waals surface area contributed by atoms with Gasteiger partial charge in [-0.25, -0.2) is 8.42 Å². The van der Waals surface area contributed by atoms with Crippen molar-refractivity contribution in [1.29, 1.82) is 0 Å². The van der Waals surface area contributed by atoms with Crippen LogP contribution in [0.5, 0.6) is 0 Å². The first-order valence-corrected chi connectivity index (χ1v) is 11.3. The van der Waals surface area contributed by atoms with Crippen LogP contribution in [0, 0.1) is 19.3 Å². The quantitative estimate of drug-likeness (QED) is 0.726. The zero-order valence-corrected chi connectivity index (χ0v) is 18.5. The van der Waals surface area contributed by atoms with Gasteiger partial charge >= 0.3 is 5.97 Å². The first-order chi connectivity index (χ1) is 13.1. The SMILES string of the molecule is Cc1nn(C)c(C)c1S(=O)(=O)N1CCC(Cc2ccc(Br)cc2)(C(=O)O)CC1. The number of piperidine rings is 1. The predicted octanol–water partition coefficient (Wildman–Crippen LogP) is 2.90. The van der Waals surface area contributed by atoms with Crippen LogP contribution in [0.25, 0.3) is 0 Å². The van der Waals surface area contributed by atoms with Gasteiger partial charge in [-0.15, -0.1) is 0 Å². The van der Waals surface area contributed by atoms with Gasteiger partial charge in [-0.05, 0) is 50.8 Å². The number of nitrogens with zero attached hydrogens (tertiary/aromatic N) is 3. The van der Waals surface area contributed by atoms with Crippen LogP contribution in [-0.4, -0.2) is 46.7 Å².